The van der Waals surface area contributed by atoms with Crippen LogP contribution < -0.4 is 5.32 Å². The second-order valence-electron chi connectivity index (χ2n) is 7.13. The monoisotopic (exact) mass is 393 g/mol. The first-order valence-electron chi connectivity index (χ1n) is 9.21. The normalized spacial score (nSPS) is 12.4. The summed E-state index contributed by atoms with van der Waals surface area (Å²) in [7, 11) is 1.92. The van der Waals surface area contributed by atoms with E-state index >= 15 is 0 Å². The van der Waals surface area contributed by atoms with Gasteiger partial charge in [0.1, 0.15) is 18.0 Å². The van der Waals surface area contributed by atoms with E-state index in [2.05, 4.69) is 20.8 Å². The maximum atomic E-state index is 13.9. The number of amides is 1. The lowest BCUT2D eigenvalue weighted by Crippen LogP contribution is -2.34. The van der Waals surface area contributed by atoms with Crippen LogP contribution in [0.25, 0.3) is 16.7 Å². The van der Waals surface area contributed by atoms with Gasteiger partial charge in [-0.2, -0.15) is 4.68 Å². The zero-order valence-electron chi connectivity index (χ0n) is 16.2. The van der Waals surface area contributed by atoms with E-state index in [1.807, 2.05) is 49.7 Å². The molecule has 0 fully saturated rings. The Balaban J connectivity index is 1.72. The predicted molar refractivity (Wildman–Crippen MR) is 105 cm³/mol. The molecule has 0 saturated carbocycles. The molecule has 2 aromatic carbocycles. The molecular weight excluding hydrogens is 373 g/mol. The van der Waals surface area contributed by atoms with E-state index in [-0.39, 0.29) is 17.5 Å². The molecule has 4 aromatic rings. The fourth-order valence-corrected chi connectivity index (χ4v) is 3.35. The molecule has 29 heavy (non-hydrogen) atoms. The Kier molecular flexibility index (Phi) is 4.79. The number of hydrogen-bond donors (Lipinski definition) is 1. The molecular formula is C20H20FN7O. The van der Waals surface area contributed by atoms with Crippen LogP contribution in [-0.4, -0.2) is 35.7 Å². The van der Waals surface area contributed by atoms with Gasteiger partial charge in [-0.15, -0.1) is 5.10 Å². The number of hydrogen-bond acceptors (Lipinski definition) is 5. The third-order valence-corrected chi connectivity index (χ3v) is 4.85. The van der Waals surface area contributed by atoms with Gasteiger partial charge in [-0.3, -0.25) is 4.79 Å². The second-order valence-corrected chi connectivity index (χ2v) is 7.13. The number of carbonyl (C=O) groups excluding carboxylic acids is 1. The number of rotatable bonds is 5. The van der Waals surface area contributed by atoms with Crippen molar-refractivity contribution >= 4 is 16.9 Å². The number of para-hydroxylation sites is 2. The third-order valence-electron chi connectivity index (χ3n) is 4.85. The average Bonchev–Trinajstić information content (AvgIpc) is 3.34. The Hall–Kier alpha value is -3.62. The van der Waals surface area contributed by atoms with Crippen LogP contribution in [0, 0.1) is 11.7 Å². The van der Waals surface area contributed by atoms with E-state index in [1.165, 1.54) is 29.2 Å². The molecule has 0 bridgehead atoms. The smallest absolute Gasteiger partial charge is 0.254 e. The second kappa shape index (κ2) is 7.42. The lowest BCUT2D eigenvalue weighted by atomic mass is 10.0. The Morgan fingerprint density at radius 3 is 2.66 bits per heavy atom. The topological polar surface area (TPSA) is 90.5 Å². The molecule has 0 aliphatic carbocycles. The van der Waals surface area contributed by atoms with Gasteiger partial charge in [0.2, 0.25) is 0 Å². The Labute approximate surface area is 166 Å². The molecule has 8 nitrogen and oxygen atoms in total. The Morgan fingerprint density at radius 2 is 1.97 bits per heavy atom. The maximum Gasteiger partial charge on any atom is 0.254 e. The van der Waals surface area contributed by atoms with E-state index in [9.17, 15) is 9.18 Å². The molecule has 0 unspecified atom stereocenters. The standard InChI is InChI=1S/C20H20FN7O/c1-12(2)18(19-23-15-6-4-5-7-17(15)27(19)3)24-20(29)14-10-13(21)8-9-16(14)28-11-22-25-26-28/h4-12,18H,1-3H3,(H,24,29)/t18-/m0/s1. The van der Waals surface area contributed by atoms with Crippen molar-refractivity contribution in [2.75, 3.05) is 0 Å². The molecule has 1 N–H and O–H groups in total. The summed E-state index contributed by atoms with van der Waals surface area (Å²) in [5.74, 6) is -0.161. The molecule has 0 spiro atoms. The first-order chi connectivity index (χ1) is 14.0. The van der Waals surface area contributed by atoms with E-state index in [0.29, 0.717) is 5.69 Å². The number of carbonyl (C=O) groups is 1. The lowest BCUT2D eigenvalue weighted by molar-refractivity contribution is 0.0922. The van der Waals surface area contributed by atoms with Crippen LogP contribution in [0.1, 0.15) is 36.1 Å². The number of aryl methyl sites for hydroxylation is 1. The van der Waals surface area contributed by atoms with Crippen LogP contribution in [0.3, 0.4) is 0 Å². The van der Waals surface area contributed by atoms with Crippen molar-refractivity contribution in [3.8, 4) is 5.69 Å². The zero-order chi connectivity index (χ0) is 20.5. The van der Waals surface area contributed by atoms with Crippen LogP contribution in [0.15, 0.2) is 48.8 Å². The van der Waals surface area contributed by atoms with Crippen molar-refractivity contribution in [1.82, 2.24) is 35.1 Å². The van der Waals surface area contributed by atoms with Gasteiger partial charge < -0.3 is 9.88 Å². The van der Waals surface area contributed by atoms with E-state index in [0.717, 1.165) is 16.9 Å². The highest BCUT2D eigenvalue weighted by atomic mass is 19.1. The summed E-state index contributed by atoms with van der Waals surface area (Å²) in [6, 6.07) is 11.3. The minimum Gasteiger partial charge on any atom is -0.342 e. The van der Waals surface area contributed by atoms with Crippen LogP contribution in [0.4, 0.5) is 4.39 Å². The number of halogens is 1. The molecule has 2 heterocycles. The number of nitrogens with one attached hydrogen (secondary N) is 1. The summed E-state index contributed by atoms with van der Waals surface area (Å²) in [5, 5.41) is 14.0. The largest absolute Gasteiger partial charge is 0.342 e. The third kappa shape index (κ3) is 3.46. The number of imidazole rings is 1. The van der Waals surface area contributed by atoms with Gasteiger partial charge in [-0.05, 0) is 46.7 Å². The summed E-state index contributed by atoms with van der Waals surface area (Å²) < 4.78 is 17.2. The van der Waals surface area contributed by atoms with Gasteiger partial charge in [0.05, 0.1) is 28.3 Å². The van der Waals surface area contributed by atoms with E-state index < -0.39 is 11.7 Å². The maximum absolute atomic E-state index is 13.9. The first-order valence-corrected chi connectivity index (χ1v) is 9.21. The molecule has 4 rings (SSSR count). The van der Waals surface area contributed by atoms with Crippen molar-refractivity contribution in [3.05, 3.63) is 66.0 Å². The average molecular weight is 393 g/mol. The first kappa shape index (κ1) is 18.7. The van der Waals surface area contributed by atoms with Gasteiger partial charge in [-0.25, -0.2) is 9.37 Å². The summed E-state index contributed by atoms with van der Waals surface area (Å²) >= 11 is 0. The van der Waals surface area contributed by atoms with Crippen LogP contribution in [0.5, 0.6) is 0 Å². The van der Waals surface area contributed by atoms with Gasteiger partial charge in [-0.1, -0.05) is 26.0 Å². The highest BCUT2D eigenvalue weighted by molar-refractivity contribution is 5.98. The van der Waals surface area contributed by atoms with Crippen molar-refractivity contribution in [2.45, 2.75) is 19.9 Å². The van der Waals surface area contributed by atoms with E-state index in [4.69, 9.17) is 4.98 Å². The summed E-state index contributed by atoms with van der Waals surface area (Å²) in [6.07, 6.45) is 1.36. The summed E-state index contributed by atoms with van der Waals surface area (Å²) in [4.78, 5) is 17.8. The number of tetrazole rings is 1. The SMILES string of the molecule is CC(C)[C@H](NC(=O)c1cc(F)ccc1-n1cnnn1)c1nc2ccccc2n1C. The van der Waals surface area contributed by atoms with Crippen molar-refractivity contribution in [3.63, 3.8) is 0 Å². The molecule has 0 aliphatic rings. The highest BCUT2D eigenvalue weighted by Gasteiger charge is 2.26. The van der Waals surface area contributed by atoms with Crippen molar-refractivity contribution < 1.29 is 9.18 Å². The van der Waals surface area contributed by atoms with Crippen molar-refractivity contribution in [2.24, 2.45) is 13.0 Å². The van der Waals surface area contributed by atoms with E-state index in [1.54, 1.807) is 0 Å². The summed E-state index contributed by atoms with van der Waals surface area (Å²) in [6.45, 7) is 4.00. The quantitative estimate of drug-likeness (QED) is 0.563. The Bertz CT molecular complexity index is 1170. The minimum atomic E-state index is -0.518. The van der Waals surface area contributed by atoms with Gasteiger partial charge in [0.25, 0.3) is 5.91 Å². The number of nitrogens with zero attached hydrogens (tertiary/aromatic N) is 6. The zero-order valence-corrected chi connectivity index (χ0v) is 16.2. The molecule has 1 atom stereocenters. The number of benzene rings is 2. The van der Waals surface area contributed by atoms with Gasteiger partial charge >= 0.3 is 0 Å². The van der Waals surface area contributed by atoms with Crippen molar-refractivity contribution in [1.29, 1.82) is 0 Å². The predicted octanol–water partition coefficient (Wildman–Crippen LogP) is 2.82. The molecule has 2 aromatic heterocycles. The lowest BCUT2D eigenvalue weighted by Gasteiger charge is -2.22. The Morgan fingerprint density at radius 1 is 1.17 bits per heavy atom. The fourth-order valence-electron chi connectivity index (χ4n) is 3.35. The van der Waals surface area contributed by atoms with Crippen LogP contribution >= 0.6 is 0 Å². The fraction of sp³-hybridized carbons (Fsp3) is 0.250. The van der Waals surface area contributed by atoms with Crippen LogP contribution in [-0.2, 0) is 7.05 Å². The van der Waals surface area contributed by atoms with Crippen LogP contribution in [0.2, 0.25) is 0 Å². The summed E-state index contributed by atoms with van der Waals surface area (Å²) in [5.41, 5.74) is 2.36. The molecule has 0 radical (unpaired) electrons. The molecule has 9 heteroatoms. The molecule has 1 amide bonds. The number of fused-ring (bicyclic) bond motifs is 1. The molecule has 0 aliphatic heterocycles. The minimum absolute atomic E-state index is 0.0551. The van der Waals surface area contributed by atoms with Gasteiger partial charge in [0.15, 0.2) is 0 Å². The molecule has 148 valence electrons. The van der Waals surface area contributed by atoms with Gasteiger partial charge in [0, 0.05) is 7.05 Å². The molecule has 0 saturated heterocycles. The highest BCUT2D eigenvalue weighted by Crippen LogP contribution is 2.26. The number of aromatic nitrogens is 6.